The van der Waals surface area contributed by atoms with Crippen LogP contribution in [0, 0.1) is 0 Å². The van der Waals surface area contributed by atoms with Gasteiger partial charge >= 0.3 is 0 Å². The van der Waals surface area contributed by atoms with E-state index in [1.54, 1.807) is 0 Å². The molecule has 0 spiro atoms. The van der Waals surface area contributed by atoms with Crippen LogP contribution in [0.2, 0.25) is 0 Å². The summed E-state index contributed by atoms with van der Waals surface area (Å²) in [5.74, 6) is 0.761. The Morgan fingerprint density at radius 1 is 1.00 bits per heavy atom. The number of ketones is 1. The lowest BCUT2D eigenvalue weighted by molar-refractivity contribution is 0.0928. The van der Waals surface area contributed by atoms with E-state index in [1.807, 2.05) is 12.1 Å². The van der Waals surface area contributed by atoms with Crippen LogP contribution in [0.1, 0.15) is 75.2 Å². The number of Topliss-reactive ketones (excluding diaryl/α,β-unsaturated/α-hetero) is 1. The third-order valence-corrected chi connectivity index (χ3v) is 3.92. The number of unbranched alkanes of at least 4 members (excludes halogenated alkanes) is 2. The van der Waals surface area contributed by atoms with Gasteiger partial charge in [0.2, 0.25) is 0 Å². The molecule has 1 rings (SSSR count). The molecule has 0 unspecified atom stereocenters. The van der Waals surface area contributed by atoms with Crippen molar-refractivity contribution in [1.29, 1.82) is 0 Å². The molecule has 0 amide bonds. The summed E-state index contributed by atoms with van der Waals surface area (Å²) in [6.45, 7) is 11.4. The van der Waals surface area contributed by atoms with Gasteiger partial charge < -0.3 is 0 Å². The molecule has 2 nitrogen and oxygen atoms in total. The molecule has 0 heterocycles. The summed E-state index contributed by atoms with van der Waals surface area (Å²) in [6, 6.07) is 8.13. The van der Waals surface area contributed by atoms with Crippen LogP contribution < -0.4 is 0 Å². The maximum atomic E-state index is 12.4. The average molecular weight is 289 g/mol. The largest absolute Gasteiger partial charge is 0.296 e. The van der Waals surface area contributed by atoms with Gasteiger partial charge in [0, 0.05) is 5.56 Å². The summed E-state index contributed by atoms with van der Waals surface area (Å²) in [5.41, 5.74) is 2.14. The fraction of sp³-hybridized carbons (Fsp3) is 0.632. The molecule has 0 aliphatic carbocycles. The number of benzene rings is 1. The van der Waals surface area contributed by atoms with Crippen molar-refractivity contribution in [2.45, 2.75) is 59.3 Å². The van der Waals surface area contributed by atoms with E-state index >= 15 is 0 Å². The molecule has 0 fully saturated rings. The second-order valence-corrected chi connectivity index (χ2v) is 6.18. The quantitative estimate of drug-likeness (QED) is 0.571. The first-order valence-corrected chi connectivity index (χ1v) is 8.44. The lowest BCUT2D eigenvalue weighted by atomic mass is 10.0. The van der Waals surface area contributed by atoms with Crippen molar-refractivity contribution in [3.63, 3.8) is 0 Å². The van der Waals surface area contributed by atoms with Gasteiger partial charge in [0.15, 0.2) is 5.78 Å². The summed E-state index contributed by atoms with van der Waals surface area (Å²) in [4.78, 5) is 14.7. The maximum Gasteiger partial charge on any atom is 0.176 e. The fourth-order valence-electron chi connectivity index (χ4n) is 2.38. The normalized spacial score (nSPS) is 11.3. The van der Waals surface area contributed by atoms with Gasteiger partial charge in [-0.05, 0) is 37.4 Å². The molecule has 0 aliphatic heterocycles. The second kappa shape index (κ2) is 9.73. The molecule has 0 aliphatic rings. The molecule has 0 atom stereocenters. The second-order valence-electron chi connectivity index (χ2n) is 6.18. The van der Waals surface area contributed by atoms with E-state index in [2.05, 4.69) is 44.7 Å². The number of hydrogen-bond acceptors (Lipinski definition) is 2. The van der Waals surface area contributed by atoms with E-state index in [1.165, 1.54) is 31.2 Å². The van der Waals surface area contributed by atoms with Crippen molar-refractivity contribution >= 4 is 5.78 Å². The summed E-state index contributed by atoms with van der Waals surface area (Å²) in [5, 5.41) is 0. The third kappa shape index (κ3) is 6.43. The van der Waals surface area contributed by atoms with E-state index in [4.69, 9.17) is 0 Å². The minimum atomic E-state index is 0.248. The summed E-state index contributed by atoms with van der Waals surface area (Å²) in [7, 11) is 0. The van der Waals surface area contributed by atoms with Crippen LogP contribution in [0.5, 0.6) is 0 Å². The van der Waals surface area contributed by atoms with Crippen LogP contribution in [0.25, 0.3) is 0 Å². The van der Waals surface area contributed by atoms with Gasteiger partial charge in [-0.1, -0.05) is 64.8 Å². The molecule has 0 aromatic heterocycles. The lowest BCUT2D eigenvalue weighted by Crippen LogP contribution is -2.31. The minimum Gasteiger partial charge on any atom is -0.296 e. The predicted octanol–water partition coefficient (Wildman–Crippen LogP) is 4.89. The van der Waals surface area contributed by atoms with Crippen molar-refractivity contribution in [2.75, 3.05) is 19.6 Å². The third-order valence-electron chi connectivity index (χ3n) is 3.92. The van der Waals surface area contributed by atoms with Crippen LogP contribution in [0.4, 0.5) is 0 Å². The summed E-state index contributed by atoms with van der Waals surface area (Å²) in [6.07, 6.45) is 4.70. The fourth-order valence-corrected chi connectivity index (χ4v) is 2.38. The molecule has 0 saturated carbocycles. The zero-order valence-electron chi connectivity index (χ0n) is 14.2. The summed E-state index contributed by atoms with van der Waals surface area (Å²) >= 11 is 0. The van der Waals surface area contributed by atoms with Crippen LogP contribution in [0.3, 0.4) is 0 Å². The van der Waals surface area contributed by atoms with E-state index in [0.717, 1.165) is 18.7 Å². The zero-order chi connectivity index (χ0) is 15.7. The Labute approximate surface area is 130 Å². The first kappa shape index (κ1) is 17.9. The lowest BCUT2D eigenvalue weighted by Gasteiger charge is -2.21. The van der Waals surface area contributed by atoms with Crippen LogP contribution in [-0.2, 0) is 0 Å². The highest BCUT2D eigenvalue weighted by molar-refractivity contribution is 5.97. The van der Waals surface area contributed by atoms with Gasteiger partial charge in [-0.25, -0.2) is 0 Å². The van der Waals surface area contributed by atoms with Gasteiger partial charge in [0.25, 0.3) is 0 Å². The predicted molar refractivity (Wildman–Crippen MR) is 91.1 cm³/mol. The van der Waals surface area contributed by atoms with E-state index in [-0.39, 0.29) is 5.78 Å². The summed E-state index contributed by atoms with van der Waals surface area (Å²) < 4.78 is 0. The molecular weight excluding hydrogens is 258 g/mol. The van der Waals surface area contributed by atoms with Crippen molar-refractivity contribution in [3.8, 4) is 0 Å². The molecule has 1 aromatic carbocycles. The number of carbonyl (C=O) groups is 1. The first-order valence-electron chi connectivity index (χ1n) is 8.44. The highest BCUT2D eigenvalue weighted by Gasteiger charge is 2.12. The van der Waals surface area contributed by atoms with Gasteiger partial charge in [0.05, 0.1) is 6.54 Å². The molecule has 0 N–H and O–H groups in total. The van der Waals surface area contributed by atoms with E-state index in [9.17, 15) is 4.79 Å². The number of nitrogens with zero attached hydrogens (tertiary/aromatic N) is 1. The Bertz CT molecular complexity index is 400. The van der Waals surface area contributed by atoms with Gasteiger partial charge in [-0.3, -0.25) is 9.69 Å². The SMILES string of the molecule is CCCCN(CCCC)CC(=O)c1ccc(C(C)C)cc1. The van der Waals surface area contributed by atoms with Crippen LogP contribution in [-0.4, -0.2) is 30.3 Å². The zero-order valence-corrected chi connectivity index (χ0v) is 14.2. The van der Waals surface area contributed by atoms with Crippen LogP contribution in [0.15, 0.2) is 24.3 Å². The number of rotatable bonds is 10. The van der Waals surface area contributed by atoms with Crippen molar-refractivity contribution < 1.29 is 4.79 Å². The average Bonchev–Trinajstić information content (AvgIpc) is 2.49. The Morgan fingerprint density at radius 2 is 1.52 bits per heavy atom. The Kier molecular flexibility index (Phi) is 8.29. The minimum absolute atomic E-state index is 0.248. The Morgan fingerprint density at radius 3 is 1.95 bits per heavy atom. The van der Waals surface area contributed by atoms with Crippen molar-refractivity contribution in [1.82, 2.24) is 4.90 Å². The van der Waals surface area contributed by atoms with Gasteiger partial charge in [-0.15, -0.1) is 0 Å². The van der Waals surface area contributed by atoms with E-state index < -0.39 is 0 Å². The molecule has 0 bridgehead atoms. The van der Waals surface area contributed by atoms with Gasteiger partial charge in [-0.2, -0.15) is 0 Å². The monoisotopic (exact) mass is 289 g/mol. The first-order chi connectivity index (χ1) is 10.1. The van der Waals surface area contributed by atoms with Crippen molar-refractivity contribution in [2.24, 2.45) is 0 Å². The molecule has 0 radical (unpaired) electrons. The number of carbonyl (C=O) groups excluding carboxylic acids is 1. The van der Waals surface area contributed by atoms with Crippen molar-refractivity contribution in [3.05, 3.63) is 35.4 Å². The molecule has 1 aromatic rings. The highest BCUT2D eigenvalue weighted by Crippen LogP contribution is 2.15. The van der Waals surface area contributed by atoms with Gasteiger partial charge in [0.1, 0.15) is 0 Å². The Balaban J connectivity index is 2.62. The topological polar surface area (TPSA) is 20.3 Å². The van der Waals surface area contributed by atoms with Crippen LogP contribution >= 0.6 is 0 Å². The Hall–Kier alpha value is -1.15. The number of hydrogen-bond donors (Lipinski definition) is 0. The highest BCUT2D eigenvalue weighted by atomic mass is 16.1. The van der Waals surface area contributed by atoms with E-state index in [0.29, 0.717) is 12.5 Å². The molecule has 2 heteroatoms. The maximum absolute atomic E-state index is 12.4. The molecule has 21 heavy (non-hydrogen) atoms. The molecule has 0 saturated heterocycles. The molecule has 118 valence electrons. The molecular formula is C19H31NO. The smallest absolute Gasteiger partial charge is 0.176 e. The standard InChI is InChI=1S/C19H31NO/c1-5-7-13-20(14-8-6-2)15-19(21)18-11-9-17(10-12-18)16(3)4/h9-12,16H,5-8,13-15H2,1-4H3.